The van der Waals surface area contributed by atoms with E-state index >= 15 is 0 Å². The van der Waals surface area contributed by atoms with Gasteiger partial charge >= 0.3 is 5.97 Å². The molecule has 0 aromatic heterocycles. The van der Waals surface area contributed by atoms with Crippen LogP contribution in [0.25, 0.3) is 0 Å². The standard InChI is InChI=1S/C27H40O8/c1-13(2)19-8-16-9-25(11-28)18-7-6-14(3)17(18)10-26(16,27(19,25)24(31)32)12-34-23-21(30)20(29)22(33-5)15(4)35-23/h8,11,13-18,20-23,29-30H,6-7,9-10,12H2,1-5H3,(H,31,32)/t14-,15-,16-,17-,18-,20+,21+,22-,23-,25+,26+,27+/m1/s1. The van der Waals surface area contributed by atoms with Gasteiger partial charge in [0.2, 0.25) is 0 Å². The number of hydrogen-bond acceptors (Lipinski definition) is 7. The lowest BCUT2D eigenvalue weighted by Gasteiger charge is -2.58. The highest BCUT2D eigenvalue weighted by Crippen LogP contribution is 2.82. The molecule has 1 aliphatic heterocycles. The highest BCUT2D eigenvalue weighted by atomic mass is 16.7. The molecule has 0 radical (unpaired) electrons. The van der Waals surface area contributed by atoms with Crippen molar-refractivity contribution < 1.29 is 39.1 Å². The Labute approximate surface area is 207 Å². The van der Waals surface area contributed by atoms with Crippen LogP contribution in [0.5, 0.6) is 0 Å². The lowest BCUT2D eigenvalue weighted by molar-refractivity contribution is -0.306. The molecule has 4 fully saturated rings. The number of allylic oxidation sites excluding steroid dienone is 1. The van der Waals surface area contributed by atoms with Crippen molar-refractivity contribution in [3.63, 3.8) is 0 Å². The Bertz CT molecular complexity index is 917. The zero-order chi connectivity index (χ0) is 25.5. The maximum Gasteiger partial charge on any atom is 0.315 e. The summed E-state index contributed by atoms with van der Waals surface area (Å²) in [4.78, 5) is 26.5. The fourth-order valence-electron chi connectivity index (χ4n) is 9.34. The van der Waals surface area contributed by atoms with Gasteiger partial charge in [-0.3, -0.25) is 4.79 Å². The third-order valence-electron chi connectivity index (χ3n) is 10.7. The van der Waals surface area contributed by atoms with Gasteiger partial charge in [-0.15, -0.1) is 0 Å². The van der Waals surface area contributed by atoms with Crippen molar-refractivity contribution >= 4 is 12.3 Å². The number of aliphatic carboxylic acids is 1. The van der Waals surface area contributed by atoms with Gasteiger partial charge in [-0.25, -0.2) is 0 Å². The number of methoxy groups -OCH3 is 1. The summed E-state index contributed by atoms with van der Waals surface area (Å²) in [6.45, 7) is 8.02. The predicted octanol–water partition coefficient (Wildman–Crippen LogP) is 2.41. The van der Waals surface area contributed by atoms with Gasteiger partial charge in [-0.1, -0.05) is 38.8 Å². The summed E-state index contributed by atoms with van der Waals surface area (Å²) in [5.41, 5.74) is -2.28. The van der Waals surface area contributed by atoms with Crippen LogP contribution < -0.4 is 0 Å². The molecular weight excluding hydrogens is 452 g/mol. The number of hydrogen-bond donors (Lipinski definition) is 3. The van der Waals surface area contributed by atoms with Crippen LogP contribution in [0.1, 0.15) is 53.4 Å². The minimum Gasteiger partial charge on any atom is -0.481 e. The molecule has 1 saturated heterocycles. The van der Waals surface area contributed by atoms with Crippen LogP contribution in [0.4, 0.5) is 0 Å². The SMILES string of the molecule is CO[C@H]1[C@@H](O)[C@H](O)[C@H](OC[C@@]23C[C@@H]4[C@H](C)CC[C@H]4[C@@]4(C=O)C[C@H]2C=C(C(C)C)[C@@]34C(=O)O)O[C@@H]1C. The van der Waals surface area contributed by atoms with Gasteiger partial charge in [0.1, 0.15) is 30.0 Å². The number of carbonyl (C=O) groups excluding carboxylic acids is 1. The van der Waals surface area contributed by atoms with E-state index in [0.29, 0.717) is 18.8 Å². The van der Waals surface area contributed by atoms with Crippen LogP contribution in [0, 0.1) is 45.8 Å². The number of aliphatic hydroxyl groups is 2. The fraction of sp³-hybridized carbons (Fsp3) is 0.852. The number of aldehydes is 1. The van der Waals surface area contributed by atoms with E-state index in [1.54, 1.807) is 6.92 Å². The van der Waals surface area contributed by atoms with Crippen molar-refractivity contribution in [3.05, 3.63) is 11.6 Å². The minimum absolute atomic E-state index is 0.0219. The van der Waals surface area contributed by atoms with Crippen molar-refractivity contribution in [1.29, 1.82) is 0 Å². The molecule has 3 saturated carbocycles. The molecule has 0 amide bonds. The van der Waals surface area contributed by atoms with E-state index in [2.05, 4.69) is 13.0 Å². The molecule has 4 bridgehead atoms. The van der Waals surface area contributed by atoms with Gasteiger partial charge < -0.3 is 34.3 Å². The van der Waals surface area contributed by atoms with Crippen LogP contribution in [0.15, 0.2) is 11.6 Å². The Balaban J connectivity index is 1.57. The number of carbonyl (C=O) groups is 2. The molecule has 1 heterocycles. The molecular formula is C27H40O8. The lowest BCUT2D eigenvalue weighted by atomic mass is 9.43. The number of rotatable bonds is 7. The van der Waals surface area contributed by atoms with E-state index in [-0.39, 0.29) is 30.3 Å². The van der Waals surface area contributed by atoms with Crippen molar-refractivity contribution in [3.8, 4) is 0 Å². The smallest absolute Gasteiger partial charge is 0.315 e. The molecule has 0 aromatic carbocycles. The molecule has 12 atom stereocenters. The van der Waals surface area contributed by atoms with Gasteiger partial charge in [0.15, 0.2) is 6.29 Å². The van der Waals surface area contributed by atoms with Crippen molar-refractivity contribution in [2.75, 3.05) is 13.7 Å². The quantitative estimate of drug-likeness (QED) is 0.366. The van der Waals surface area contributed by atoms with E-state index < -0.39 is 52.9 Å². The van der Waals surface area contributed by atoms with Crippen LogP contribution in [0.3, 0.4) is 0 Å². The normalized spacial score (nSPS) is 52.5. The minimum atomic E-state index is -1.34. The van der Waals surface area contributed by atoms with Crippen molar-refractivity contribution in [1.82, 2.24) is 0 Å². The molecule has 8 nitrogen and oxygen atoms in total. The number of ether oxygens (including phenoxy) is 3. The summed E-state index contributed by atoms with van der Waals surface area (Å²) in [7, 11) is 1.45. The lowest BCUT2D eigenvalue weighted by Crippen LogP contribution is -2.64. The van der Waals surface area contributed by atoms with Gasteiger partial charge in [0.05, 0.1) is 18.1 Å². The number of carboxylic acid groups (broad SMARTS) is 1. The Morgan fingerprint density at radius 1 is 1.23 bits per heavy atom. The summed E-state index contributed by atoms with van der Waals surface area (Å²) in [6, 6.07) is 0. The van der Waals surface area contributed by atoms with Gasteiger partial charge in [0.25, 0.3) is 0 Å². The van der Waals surface area contributed by atoms with E-state index in [0.717, 1.165) is 24.7 Å². The van der Waals surface area contributed by atoms with Crippen LogP contribution in [-0.4, -0.2) is 72.0 Å². The molecule has 35 heavy (non-hydrogen) atoms. The van der Waals surface area contributed by atoms with E-state index in [1.165, 1.54) is 7.11 Å². The second-order valence-electron chi connectivity index (χ2n) is 12.2. The van der Waals surface area contributed by atoms with E-state index in [1.807, 2.05) is 13.8 Å². The van der Waals surface area contributed by atoms with E-state index in [4.69, 9.17) is 14.2 Å². The van der Waals surface area contributed by atoms with Gasteiger partial charge in [0, 0.05) is 12.5 Å². The monoisotopic (exact) mass is 492 g/mol. The largest absolute Gasteiger partial charge is 0.481 e. The summed E-state index contributed by atoms with van der Waals surface area (Å²) >= 11 is 0. The predicted molar refractivity (Wildman–Crippen MR) is 125 cm³/mol. The average Bonchev–Trinajstić information content (AvgIpc) is 3.38. The molecule has 196 valence electrons. The van der Waals surface area contributed by atoms with Crippen molar-refractivity contribution in [2.24, 2.45) is 45.8 Å². The van der Waals surface area contributed by atoms with Crippen LogP contribution >= 0.6 is 0 Å². The Morgan fingerprint density at radius 2 is 1.94 bits per heavy atom. The topological polar surface area (TPSA) is 123 Å². The molecule has 0 spiro atoms. The zero-order valence-electron chi connectivity index (χ0n) is 21.3. The number of fused-ring (bicyclic) bond motifs is 2. The second-order valence-corrected chi connectivity index (χ2v) is 12.2. The molecule has 3 N–H and O–H groups in total. The summed E-state index contributed by atoms with van der Waals surface area (Å²) in [5.74, 6) is -0.358. The highest BCUT2D eigenvalue weighted by Gasteiger charge is 2.84. The summed E-state index contributed by atoms with van der Waals surface area (Å²) < 4.78 is 17.4. The zero-order valence-corrected chi connectivity index (χ0v) is 21.3. The van der Waals surface area contributed by atoms with Gasteiger partial charge in [-0.05, 0) is 55.8 Å². The maximum atomic E-state index is 13.5. The fourth-order valence-corrected chi connectivity index (χ4v) is 9.34. The molecule has 8 heteroatoms. The van der Waals surface area contributed by atoms with Crippen LogP contribution in [-0.2, 0) is 23.8 Å². The maximum absolute atomic E-state index is 13.5. The molecule has 5 aliphatic rings. The second kappa shape index (κ2) is 8.35. The third kappa shape index (κ3) is 2.92. The Morgan fingerprint density at radius 3 is 2.54 bits per heavy atom. The first-order chi connectivity index (χ1) is 16.5. The number of carboxylic acids is 1. The molecule has 4 aliphatic carbocycles. The van der Waals surface area contributed by atoms with Crippen LogP contribution in [0.2, 0.25) is 0 Å². The van der Waals surface area contributed by atoms with Gasteiger partial charge in [-0.2, -0.15) is 0 Å². The molecule has 5 rings (SSSR count). The third-order valence-corrected chi connectivity index (χ3v) is 10.7. The summed E-state index contributed by atoms with van der Waals surface area (Å²) in [6.07, 6.45) is 1.32. The summed E-state index contributed by atoms with van der Waals surface area (Å²) in [5, 5.41) is 32.3. The molecule has 0 unspecified atom stereocenters. The Kier molecular flexibility index (Phi) is 6.04. The first-order valence-corrected chi connectivity index (χ1v) is 13.1. The first kappa shape index (κ1) is 25.3. The number of aliphatic hydroxyl groups excluding tert-OH is 2. The Hall–Kier alpha value is -1.32. The highest BCUT2D eigenvalue weighted by molar-refractivity contribution is 5.90. The first-order valence-electron chi connectivity index (χ1n) is 13.1. The molecule has 0 aromatic rings. The van der Waals surface area contributed by atoms with E-state index in [9.17, 15) is 24.9 Å². The van der Waals surface area contributed by atoms with Crippen molar-refractivity contribution in [2.45, 2.75) is 84.1 Å². The average molecular weight is 493 g/mol.